The van der Waals surface area contributed by atoms with Crippen LogP contribution in [0.25, 0.3) is 5.69 Å². The summed E-state index contributed by atoms with van der Waals surface area (Å²) >= 11 is 3.06. The molecule has 4 rings (SSSR count). The quantitative estimate of drug-likeness (QED) is 0.378. The molecule has 0 saturated carbocycles. The van der Waals surface area contributed by atoms with Crippen molar-refractivity contribution in [3.8, 4) is 5.69 Å². The van der Waals surface area contributed by atoms with Gasteiger partial charge in [-0.1, -0.05) is 60.3 Å². The van der Waals surface area contributed by atoms with Crippen molar-refractivity contribution in [1.29, 1.82) is 0 Å². The van der Waals surface area contributed by atoms with Gasteiger partial charge in [-0.3, -0.25) is 9.36 Å². The summed E-state index contributed by atoms with van der Waals surface area (Å²) in [5, 5.41) is 13.7. The summed E-state index contributed by atoms with van der Waals surface area (Å²) in [6.45, 7) is 0.619. The van der Waals surface area contributed by atoms with Gasteiger partial charge in [-0.25, -0.2) is 0 Å². The maximum atomic E-state index is 12.6. The average Bonchev–Trinajstić information content (AvgIpc) is 3.43. The van der Waals surface area contributed by atoms with Crippen molar-refractivity contribution in [2.45, 2.75) is 18.1 Å². The Hall–Kier alpha value is -2.90. The highest BCUT2D eigenvalue weighted by Crippen LogP contribution is 2.24. The lowest BCUT2D eigenvalue weighted by Gasteiger charge is -2.16. The van der Waals surface area contributed by atoms with Crippen LogP contribution < -0.4 is 0 Å². The molecule has 0 spiro atoms. The first-order valence-corrected chi connectivity index (χ1v) is 11.5. The van der Waals surface area contributed by atoms with E-state index < -0.39 is 0 Å². The number of thiophene rings is 1. The Morgan fingerprint density at radius 1 is 1.00 bits per heavy atom. The smallest absolute Gasteiger partial charge is 0.233 e. The minimum absolute atomic E-state index is 0.0680. The molecule has 0 bridgehead atoms. The third-order valence-electron chi connectivity index (χ3n) is 4.67. The Morgan fingerprint density at radius 2 is 1.73 bits per heavy atom. The Morgan fingerprint density at radius 3 is 2.43 bits per heavy atom. The molecule has 0 aliphatic rings. The molecule has 152 valence electrons. The second-order valence-electron chi connectivity index (χ2n) is 6.90. The molecule has 0 radical (unpaired) electrons. The van der Waals surface area contributed by atoms with Crippen molar-refractivity contribution >= 4 is 29.0 Å². The molecule has 2 aromatic heterocycles. The van der Waals surface area contributed by atoms with Crippen molar-refractivity contribution in [2.24, 2.45) is 0 Å². The van der Waals surface area contributed by atoms with Gasteiger partial charge in [0.1, 0.15) is 5.82 Å². The molecule has 30 heavy (non-hydrogen) atoms. The van der Waals surface area contributed by atoms with Crippen molar-refractivity contribution in [1.82, 2.24) is 19.7 Å². The standard InChI is InChI=1S/C23H22N4OS2/c1-26(15-19-12-13-29-16-19)22(28)17-30-23-25-24-21(14-18-8-4-2-5-9-18)27(23)20-10-6-3-7-11-20/h2-13,16H,14-15,17H2,1H3. The first-order valence-electron chi connectivity index (χ1n) is 9.62. The van der Waals surface area contributed by atoms with Crippen LogP contribution in [0.3, 0.4) is 0 Å². The number of aromatic nitrogens is 3. The monoisotopic (exact) mass is 434 g/mol. The molecule has 1 amide bonds. The lowest BCUT2D eigenvalue weighted by molar-refractivity contribution is -0.127. The molecule has 0 atom stereocenters. The molecule has 7 heteroatoms. The van der Waals surface area contributed by atoms with Gasteiger partial charge in [0.15, 0.2) is 5.16 Å². The molecule has 0 saturated heterocycles. The minimum Gasteiger partial charge on any atom is -0.341 e. The van der Waals surface area contributed by atoms with Crippen LogP contribution in [0.5, 0.6) is 0 Å². The van der Waals surface area contributed by atoms with Crippen LogP contribution in [0.1, 0.15) is 17.0 Å². The Balaban J connectivity index is 1.52. The van der Waals surface area contributed by atoms with Crippen LogP contribution in [0, 0.1) is 0 Å². The minimum atomic E-state index is 0.0680. The van der Waals surface area contributed by atoms with Gasteiger partial charge in [-0.05, 0) is 40.1 Å². The van der Waals surface area contributed by atoms with Gasteiger partial charge < -0.3 is 4.90 Å². The zero-order valence-corrected chi connectivity index (χ0v) is 18.3. The van der Waals surface area contributed by atoms with E-state index in [-0.39, 0.29) is 5.91 Å². The summed E-state index contributed by atoms with van der Waals surface area (Å²) in [7, 11) is 1.84. The first kappa shape index (κ1) is 20.4. The molecule has 0 aliphatic carbocycles. The topological polar surface area (TPSA) is 51.0 Å². The zero-order chi connectivity index (χ0) is 20.8. The fourth-order valence-electron chi connectivity index (χ4n) is 3.10. The van der Waals surface area contributed by atoms with Crippen LogP contribution >= 0.6 is 23.1 Å². The van der Waals surface area contributed by atoms with E-state index in [1.165, 1.54) is 17.3 Å². The normalized spacial score (nSPS) is 10.8. The fraction of sp³-hybridized carbons (Fsp3) is 0.174. The lowest BCUT2D eigenvalue weighted by Crippen LogP contribution is -2.27. The number of amides is 1. The average molecular weight is 435 g/mol. The Labute approximate surface area is 184 Å². The largest absolute Gasteiger partial charge is 0.341 e. The van der Waals surface area contributed by atoms with Crippen LogP contribution in [-0.4, -0.2) is 38.4 Å². The third kappa shape index (κ3) is 4.98. The second-order valence-corrected chi connectivity index (χ2v) is 8.62. The number of hydrogen-bond acceptors (Lipinski definition) is 5. The molecular formula is C23H22N4OS2. The molecule has 2 heterocycles. The van der Waals surface area contributed by atoms with Gasteiger partial charge in [-0.2, -0.15) is 11.3 Å². The van der Waals surface area contributed by atoms with Gasteiger partial charge in [0.05, 0.1) is 5.75 Å². The molecular weight excluding hydrogens is 412 g/mol. The van der Waals surface area contributed by atoms with Crippen molar-refractivity contribution in [3.63, 3.8) is 0 Å². The number of rotatable bonds is 8. The van der Waals surface area contributed by atoms with E-state index in [0.717, 1.165) is 22.2 Å². The van der Waals surface area contributed by atoms with E-state index in [1.807, 2.05) is 71.6 Å². The molecule has 0 aliphatic heterocycles. The summed E-state index contributed by atoms with van der Waals surface area (Å²) in [6, 6.07) is 22.3. The highest BCUT2D eigenvalue weighted by molar-refractivity contribution is 7.99. The predicted molar refractivity (Wildman–Crippen MR) is 122 cm³/mol. The summed E-state index contributed by atoms with van der Waals surface area (Å²) in [4.78, 5) is 14.4. The highest BCUT2D eigenvalue weighted by atomic mass is 32.2. The van der Waals surface area contributed by atoms with Crippen LogP contribution in [0.2, 0.25) is 0 Å². The molecule has 2 aromatic carbocycles. The van der Waals surface area contributed by atoms with Gasteiger partial charge in [0.2, 0.25) is 5.91 Å². The number of benzene rings is 2. The molecule has 0 N–H and O–H groups in total. The third-order valence-corrected chi connectivity index (χ3v) is 6.32. The van der Waals surface area contributed by atoms with E-state index in [1.54, 1.807) is 16.2 Å². The summed E-state index contributed by atoms with van der Waals surface area (Å²) < 4.78 is 2.05. The second kappa shape index (κ2) is 9.73. The van der Waals surface area contributed by atoms with E-state index in [4.69, 9.17) is 0 Å². The van der Waals surface area contributed by atoms with Gasteiger partial charge in [0, 0.05) is 25.7 Å². The zero-order valence-electron chi connectivity index (χ0n) is 16.6. The van der Waals surface area contributed by atoms with Crippen molar-refractivity contribution in [2.75, 3.05) is 12.8 Å². The van der Waals surface area contributed by atoms with Crippen LogP contribution in [-0.2, 0) is 17.8 Å². The van der Waals surface area contributed by atoms with Crippen LogP contribution in [0.15, 0.2) is 82.6 Å². The number of hydrogen-bond donors (Lipinski definition) is 0. The van der Waals surface area contributed by atoms with E-state index in [9.17, 15) is 4.79 Å². The summed E-state index contributed by atoms with van der Waals surface area (Å²) in [6.07, 6.45) is 0.676. The number of thioether (sulfide) groups is 1. The number of carbonyl (C=O) groups excluding carboxylic acids is 1. The van der Waals surface area contributed by atoms with E-state index in [2.05, 4.69) is 27.7 Å². The van der Waals surface area contributed by atoms with Crippen molar-refractivity contribution in [3.05, 3.63) is 94.4 Å². The lowest BCUT2D eigenvalue weighted by atomic mass is 10.1. The number of carbonyl (C=O) groups is 1. The first-order chi connectivity index (χ1) is 14.7. The highest BCUT2D eigenvalue weighted by Gasteiger charge is 2.17. The Bertz CT molecular complexity index is 1080. The molecule has 5 nitrogen and oxygen atoms in total. The fourth-order valence-corrected chi connectivity index (χ4v) is 4.68. The van der Waals surface area contributed by atoms with Gasteiger partial charge in [-0.15, -0.1) is 10.2 Å². The number of nitrogens with zero attached hydrogens (tertiary/aromatic N) is 4. The molecule has 4 aromatic rings. The summed E-state index contributed by atoms with van der Waals surface area (Å²) in [5.74, 6) is 1.24. The van der Waals surface area contributed by atoms with Gasteiger partial charge >= 0.3 is 0 Å². The summed E-state index contributed by atoms with van der Waals surface area (Å²) in [5.41, 5.74) is 3.32. The molecule has 0 unspecified atom stereocenters. The SMILES string of the molecule is CN(Cc1ccsc1)C(=O)CSc1nnc(Cc2ccccc2)n1-c1ccccc1. The maximum Gasteiger partial charge on any atom is 0.233 e. The maximum absolute atomic E-state index is 12.6. The van der Waals surface area contributed by atoms with Gasteiger partial charge in [0.25, 0.3) is 0 Å². The number of para-hydroxylation sites is 1. The van der Waals surface area contributed by atoms with E-state index >= 15 is 0 Å². The van der Waals surface area contributed by atoms with E-state index in [0.29, 0.717) is 18.7 Å². The predicted octanol–water partition coefficient (Wildman–Crippen LogP) is 4.67. The van der Waals surface area contributed by atoms with Crippen molar-refractivity contribution < 1.29 is 4.79 Å². The Kier molecular flexibility index (Phi) is 6.61. The van der Waals surface area contributed by atoms with Crippen LogP contribution in [0.4, 0.5) is 0 Å². The molecule has 0 fully saturated rings.